The Hall–Kier alpha value is -0.0600. The molecule has 0 radical (unpaired) electrons. The van der Waals surface area contributed by atoms with Crippen LogP contribution in [0.5, 0.6) is 0 Å². The topological polar surface area (TPSA) is 15.6 Å². The summed E-state index contributed by atoms with van der Waals surface area (Å²) in [5.74, 6) is 0. The summed E-state index contributed by atoms with van der Waals surface area (Å²) < 4.78 is 1.23. The van der Waals surface area contributed by atoms with Gasteiger partial charge in [0.05, 0.1) is 0 Å². The Labute approximate surface area is 69.8 Å². The van der Waals surface area contributed by atoms with Crippen LogP contribution in [0.4, 0.5) is 0 Å². The molecule has 0 aromatic heterocycles. The van der Waals surface area contributed by atoms with Crippen molar-refractivity contribution in [1.82, 2.24) is 5.01 Å². The van der Waals surface area contributed by atoms with Crippen LogP contribution in [0.15, 0.2) is 14.8 Å². The summed E-state index contributed by atoms with van der Waals surface area (Å²) in [5.41, 5.74) is 0. The monoisotopic (exact) mass is 238 g/mol. The summed E-state index contributed by atoms with van der Waals surface area (Å²) in [6, 6.07) is 0. The van der Waals surface area contributed by atoms with Crippen LogP contribution in [0.3, 0.4) is 0 Å². The quantitative estimate of drug-likeness (QED) is 0.407. The Morgan fingerprint density at radius 1 is 1.56 bits per heavy atom. The predicted octanol–water partition coefficient (Wildman–Crippen LogP) is 1.87. The Morgan fingerprint density at radius 2 is 2.11 bits per heavy atom. The SMILES string of the molecule is C/C(I)=C/C=N/N(C)C. The van der Waals surface area contributed by atoms with Gasteiger partial charge in [0.15, 0.2) is 0 Å². The maximum atomic E-state index is 3.99. The van der Waals surface area contributed by atoms with Crippen LogP contribution in [0.2, 0.25) is 0 Å². The molecule has 0 rings (SSSR count). The van der Waals surface area contributed by atoms with Gasteiger partial charge in [0, 0.05) is 20.3 Å². The minimum Gasteiger partial charge on any atom is -0.303 e. The van der Waals surface area contributed by atoms with Gasteiger partial charge < -0.3 is 5.01 Å². The van der Waals surface area contributed by atoms with E-state index in [0.717, 1.165) is 0 Å². The lowest BCUT2D eigenvalue weighted by molar-refractivity contribution is 0.440. The second kappa shape index (κ2) is 4.78. The lowest BCUT2D eigenvalue weighted by atomic mass is 10.6. The van der Waals surface area contributed by atoms with Crippen LogP contribution in [0.1, 0.15) is 6.92 Å². The van der Waals surface area contributed by atoms with Gasteiger partial charge in [-0.1, -0.05) is 0 Å². The number of halogens is 1. The Balaban J connectivity index is 3.60. The molecule has 0 fully saturated rings. The smallest absolute Gasteiger partial charge is 0.0477 e. The fraction of sp³-hybridized carbons (Fsp3) is 0.500. The molecule has 3 heteroatoms. The van der Waals surface area contributed by atoms with E-state index in [1.807, 2.05) is 27.1 Å². The third-order valence-corrected chi connectivity index (χ3v) is 0.961. The third-order valence-electron chi connectivity index (χ3n) is 0.602. The number of hydrogen-bond acceptors (Lipinski definition) is 2. The summed E-state index contributed by atoms with van der Waals surface area (Å²) in [6.45, 7) is 2.03. The summed E-state index contributed by atoms with van der Waals surface area (Å²) >= 11 is 2.24. The molecule has 0 aliphatic carbocycles. The van der Waals surface area contributed by atoms with E-state index >= 15 is 0 Å². The van der Waals surface area contributed by atoms with E-state index in [9.17, 15) is 0 Å². The molecule has 0 atom stereocenters. The molecule has 9 heavy (non-hydrogen) atoms. The highest BCUT2D eigenvalue weighted by Crippen LogP contribution is 1.99. The second-order valence-corrected chi connectivity index (χ2v) is 3.57. The standard InChI is InChI=1S/C6H11IN2/c1-6(7)4-5-8-9(2)3/h4-5H,1-3H3/b6-4-,8-5+. The van der Waals surface area contributed by atoms with Gasteiger partial charge in [-0.25, -0.2) is 0 Å². The number of nitrogens with zero attached hydrogens (tertiary/aromatic N) is 2. The van der Waals surface area contributed by atoms with Gasteiger partial charge in [-0.2, -0.15) is 5.10 Å². The van der Waals surface area contributed by atoms with E-state index in [1.54, 1.807) is 11.2 Å². The molecule has 0 N–H and O–H groups in total. The molecule has 0 saturated carbocycles. The molecule has 0 aromatic rings. The van der Waals surface area contributed by atoms with Crippen LogP contribution in [0.25, 0.3) is 0 Å². The molecule has 52 valence electrons. The second-order valence-electron chi connectivity index (χ2n) is 1.87. The zero-order valence-electron chi connectivity index (χ0n) is 5.93. The Bertz CT molecular complexity index is 123. The fourth-order valence-electron chi connectivity index (χ4n) is 0.269. The molecule has 0 amide bonds. The van der Waals surface area contributed by atoms with Crippen molar-refractivity contribution in [3.63, 3.8) is 0 Å². The zero-order chi connectivity index (χ0) is 7.28. The highest BCUT2D eigenvalue weighted by atomic mass is 127. The van der Waals surface area contributed by atoms with E-state index in [4.69, 9.17) is 0 Å². The van der Waals surface area contributed by atoms with Gasteiger partial charge in [-0.3, -0.25) is 0 Å². The van der Waals surface area contributed by atoms with E-state index in [-0.39, 0.29) is 0 Å². The summed E-state index contributed by atoms with van der Waals surface area (Å²) in [6.07, 6.45) is 3.74. The molecule has 2 nitrogen and oxygen atoms in total. The van der Waals surface area contributed by atoms with E-state index in [0.29, 0.717) is 0 Å². The molecule has 0 aliphatic heterocycles. The number of rotatable bonds is 2. The fourth-order valence-corrected chi connectivity index (χ4v) is 0.430. The Morgan fingerprint density at radius 3 is 2.44 bits per heavy atom. The number of hydrazone groups is 1. The molecule has 0 spiro atoms. The molecule has 0 heterocycles. The molecule has 0 unspecified atom stereocenters. The maximum absolute atomic E-state index is 3.99. The molecule has 0 aliphatic rings. The molecule has 0 saturated heterocycles. The van der Waals surface area contributed by atoms with Crippen molar-refractivity contribution in [1.29, 1.82) is 0 Å². The van der Waals surface area contributed by atoms with Gasteiger partial charge in [0.1, 0.15) is 0 Å². The van der Waals surface area contributed by atoms with E-state index < -0.39 is 0 Å². The van der Waals surface area contributed by atoms with Crippen LogP contribution in [0, 0.1) is 0 Å². The van der Waals surface area contributed by atoms with E-state index in [2.05, 4.69) is 27.7 Å². The highest BCUT2D eigenvalue weighted by Gasteiger charge is 1.74. The Kier molecular flexibility index (Phi) is 4.75. The first kappa shape index (κ1) is 8.94. The van der Waals surface area contributed by atoms with Gasteiger partial charge in [0.2, 0.25) is 0 Å². The summed E-state index contributed by atoms with van der Waals surface area (Å²) in [7, 11) is 3.79. The van der Waals surface area contributed by atoms with Gasteiger partial charge in [-0.05, 0) is 39.2 Å². The van der Waals surface area contributed by atoms with E-state index in [1.165, 1.54) is 3.58 Å². The average molecular weight is 238 g/mol. The lowest BCUT2D eigenvalue weighted by Gasteiger charge is -1.99. The lowest BCUT2D eigenvalue weighted by Crippen LogP contribution is -2.00. The van der Waals surface area contributed by atoms with Crippen LogP contribution in [-0.4, -0.2) is 25.3 Å². The predicted molar refractivity (Wildman–Crippen MR) is 50.0 cm³/mol. The first-order valence-corrected chi connectivity index (χ1v) is 3.74. The minimum absolute atomic E-state index is 1.23. The normalized spacial score (nSPS) is 12.7. The molecular formula is C6H11IN2. The van der Waals surface area contributed by atoms with Crippen molar-refractivity contribution < 1.29 is 0 Å². The average Bonchev–Trinajstić information content (AvgIpc) is 1.63. The van der Waals surface area contributed by atoms with Gasteiger partial charge >= 0.3 is 0 Å². The van der Waals surface area contributed by atoms with Crippen molar-refractivity contribution in [2.75, 3.05) is 14.1 Å². The molecule has 0 bridgehead atoms. The van der Waals surface area contributed by atoms with Gasteiger partial charge in [-0.15, -0.1) is 0 Å². The largest absolute Gasteiger partial charge is 0.303 e. The molecular weight excluding hydrogens is 227 g/mol. The summed E-state index contributed by atoms with van der Waals surface area (Å²) in [5, 5.41) is 5.75. The minimum atomic E-state index is 1.23. The third kappa shape index (κ3) is 7.94. The zero-order valence-corrected chi connectivity index (χ0v) is 8.08. The first-order valence-electron chi connectivity index (χ1n) is 2.66. The van der Waals surface area contributed by atoms with Crippen molar-refractivity contribution in [3.05, 3.63) is 9.66 Å². The number of allylic oxidation sites excluding steroid dienone is 2. The van der Waals surface area contributed by atoms with Crippen LogP contribution >= 0.6 is 22.6 Å². The molecule has 0 aromatic carbocycles. The highest BCUT2D eigenvalue weighted by molar-refractivity contribution is 14.1. The van der Waals surface area contributed by atoms with Crippen LogP contribution in [-0.2, 0) is 0 Å². The first-order chi connectivity index (χ1) is 4.13. The van der Waals surface area contributed by atoms with Gasteiger partial charge in [0.25, 0.3) is 0 Å². The summed E-state index contributed by atoms with van der Waals surface area (Å²) in [4.78, 5) is 0. The van der Waals surface area contributed by atoms with Crippen molar-refractivity contribution in [3.8, 4) is 0 Å². The van der Waals surface area contributed by atoms with Crippen LogP contribution < -0.4 is 0 Å². The van der Waals surface area contributed by atoms with Crippen molar-refractivity contribution >= 4 is 28.8 Å². The number of hydrogen-bond donors (Lipinski definition) is 0. The van der Waals surface area contributed by atoms with Crippen molar-refractivity contribution in [2.45, 2.75) is 6.92 Å². The van der Waals surface area contributed by atoms with Crippen molar-refractivity contribution in [2.24, 2.45) is 5.10 Å². The maximum Gasteiger partial charge on any atom is 0.0477 e.